The number of rotatable bonds is 10. The van der Waals surface area contributed by atoms with Gasteiger partial charge in [0, 0.05) is 69.4 Å². The van der Waals surface area contributed by atoms with Crippen molar-refractivity contribution >= 4 is 17.1 Å². The van der Waals surface area contributed by atoms with Crippen molar-refractivity contribution in [3.05, 3.63) is 89.5 Å². The highest BCUT2D eigenvalue weighted by Crippen LogP contribution is 2.40. The standard InChI is InChI=1S/C39H54N4O/c1-31(33-8-14-38(15-9-33)43-27-29-44-30-28-43)7-20-39(35-12-18-37(19-13-35)42-25-23-40(3)24-26-42)32(2)34-10-16-36(17-11-34)41-21-5-4-6-22-41/h8-19,31-32,39H,4-7,20-30H2,1-3H3. The molecule has 0 saturated carbocycles. The Bertz CT molecular complexity index is 1270. The number of nitrogens with zero attached hydrogens (tertiary/aromatic N) is 4. The first-order valence-corrected chi connectivity index (χ1v) is 17.4. The summed E-state index contributed by atoms with van der Waals surface area (Å²) in [6, 6.07) is 28.6. The van der Waals surface area contributed by atoms with Crippen molar-refractivity contribution in [1.82, 2.24) is 4.90 Å². The fourth-order valence-corrected chi connectivity index (χ4v) is 7.51. The normalized spacial score (nSPS) is 20.4. The zero-order valence-corrected chi connectivity index (χ0v) is 27.5. The van der Waals surface area contributed by atoms with Crippen LogP contribution in [0.4, 0.5) is 17.1 Å². The number of hydrogen-bond donors (Lipinski definition) is 0. The summed E-state index contributed by atoms with van der Waals surface area (Å²) >= 11 is 0. The Kier molecular flexibility index (Phi) is 10.4. The Morgan fingerprint density at radius 2 is 1.00 bits per heavy atom. The highest BCUT2D eigenvalue weighted by molar-refractivity contribution is 5.51. The highest BCUT2D eigenvalue weighted by Gasteiger charge is 2.24. The van der Waals surface area contributed by atoms with Gasteiger partial charge in [0.15, 0.2) is 0 Å². The van der Waals surface area contributed by atoms with E-state index in [1.807, 2.05) is 0 Å². The zero-order valence-electron chi connectivity index (χ0n) is 27.5. The van der Waals surface area contributed by atoms with Crippen molar-refractivity contribution in [1.29, 1.82) is 0 Å². The summed E-state index contributed by atoms with van der Waals surface area (Å²) in [6.45, 7) is 15.4. The number of anilines is 3. The van der Waals surface area contributed by atoms with Gasteiger partial charge in [0.25, 0.3) is 0 Å². The van der Waals surface area contributed by atoms with E-state index in [4.69, 9.17) is 4.74 Å². The van der Waals surface area contributed by atoms with Gasteiger partial charge in [-0.2, -0.15) is 0 Å². The second-order valence-corrected chi connectivity index (χ2v) is 13.6. The Morgan fingerprint density at radius 3 is 1.57 bits per heavy atom. The number of ether oxygens (including phenoxy) is 1. The predicted octanol–water partition coefficient (Wildman–Crippen LogP) is 7.74. The summed E-state index contributed by atoms with van der Waals surface area (Å²) < 4.78 is 5.55. The van der Waals surface area contributed by atoms with Crippen molar-refractivity contribution in [3.63, 3.8) is 0 Å². The van der Waals surface area contributed by atoms with Crippen LogP contribution in [0.2, 0.25) is 0 Å². The molecule has 3 atom stereocenters. The molecule has 44 heavy (non-hydrogen) atoms. The van der Waals surface area contributed by atoms with Gasteiger partial charge in [0.2, 0.25) is 0 Å². The summed E-state index contributed by atoms with van der Waals surface area (Å²) in [6.07, 6.45) is 6.36. The third-order valence-electron chi connectivity index (χ3n) is 10.7. The molecule has 0 N–H and O–H groups in total. The molecule has 3 aliphatic heterocycles. The molecule has 0 spiro atoms. The molecule has 3 fully saturated rings. The van der Waals surface area contributed by atoms with Crippen LogP contribution in [0.25, 0.3) is 0 Å². The van der Waals surface area contributed by atoms with Gasteiger partial charge >= 0.3 is 0 Å². The Balaban J connectivity index is 1.17. The molecule has 3 saturated heterocycles. The number of likely N-dealkylation sites (N-methyl/N-ethyl adjacent to an activating group) is 1. The second kappa shape index (κ2) is 14.8. The van der Waals surface area contributed by atoms with Crippen molar-refractivity contribution in [2.24, 2.45) is 0 Å². The molecular formula is C39H54N4O. The minimum atomic E-state index is 0.454. The molecule has 3 heterocycles. The smallest absolute Gasteiger partial charge is 0.0642 e. The Morgan fingerprint density at radius 1 is 0.523 bits per heavy atom. The van der Waals surface area contributed by atoms with Gasteiger partial charge in [0.05, 0.1) is 13.2 Å². The van der Waals surface area contributed by atoms with Gasteiger partial charge in [-0.1, -0.05) is 50.2 Å². The van der Waals surface area contributed by atoms with Crippen molar-refractivity contribution < 1.29 is 4.74 Å². The maximum absolute atomic E-state index is 5.55. The molecule has 0 aromatic heterocycles. The predicted molar refractivity (Wildman–Crippen MR) is 187 cm³/mol. The Hall–Kier alpha value is -3.02. The van der Waals surface area contributed by atoms with Crippen LogP contribution in [0.15, 0.2) is 72.8 Å². The van der Waals surface area contributed by atoms with Crippen molar-refractivity contribution in [2.75, 3.05) is 87.3 Å². The van der Waals surface area contributed by atoms with Crippen LogP contribution < -0.4 is 14.7 Å². The molecule has 0 bridgehead atoms. The maximum Gasteiger partial charge on any atom is 0.0642 e. The summed E-state index contributed by atoms with van der Waals surface area (Å²) in [4.78, 5) is 9.98. The average Bonchev–Trinajstić information content (AvgIpc) is 3.10. The van der Waals surface area contributed by atoms with Gasteiger partial charge in [-0.15, -0.1) is 0 Å². The van der Waals surface area contributed by atoms with E-state index in [9.17, 15) is 0 Å². The van der Waals surface area contributed by atoms with E-state index in [1.54, 1.807) is 0 Å². The quantitative estimate of drug-likeness (QED) is 0.239. The first-order valence-electron chi connectivity index (χ1n) is 17.4. The van der Waals surface area contributed by atoms with Gasteiger partial charge in [-0.3, -0.25) is 0 Å². The molecule has 5 heteroatoms. The zero-order chi connectivity index (χ0) is 30.3. The van der Waals surface area contributed by atoms with E-state index in [-0.39, 0.29) is 0 Å². The number of piperazine rings is 1. The van der Waals surface area contributed by atoms with Crippen LogP contribution in [0.5, 0.6) is 0 Å². The lowest BCUT2D eigenvalue weighted by Gasteiger charge is -2.34. The van der Waals surface area contributed by atoms with Crippen LogP contribution in [-0.2, 0) is 4.74 Å². The summed E-state index contributed by atoms with van der Waals surface area (Å²) in [5.74, 6) is 1.46. The summed E-state index contributed by atoms with van der Waals surface area (Å²) in [5, 5.41) is 0. The monoisotopic (exact) mass is 594 g/mol. The largest absolute Gasteiger partial charge is 0.378 e. The van der Waals surface area contributed by atoms with Crippen molar-refractivity contribution in [2.45, 2.75) is 63.7 Å². The number of hydrogen-bond acceptors (Lipinski definition) is 5. The molecule has 5 nitrogen and oxygen atoms in total. The Labute approximate surface area is 266 Å². The minimum Gasteiger partial charge on any atom is -0.378 e. The van der Waals surface area contributed by atoms with Crippen LogP contribution in [0, 0.1) is 0 Å². The van der Waals surface area contributed by atoms with Gasteiger partial charge in [-0.25, -0.2) is 0 Å². The molecule has 3 unspecified atom stereocenters. The van der Waals surface area contributed by atoms with Crippen LogP contribution >= 0.6 is 0 Å². The molecule has 0 radical (unpaired) electrons. The van der Waals surface area contributed by atoms with Crippen molar-refractivity contribution in [3.8, 4) is 0 Å². The van der Waals surface area contributed by atoms with E-state index in [2.05, 4.69) is 113 Å². The van der Waals surface area contributed by atoms with Crippen LogP contribution in [0.1, 0.15) is 80.4 Å². The third kappa shape index (κ3) is 7.61. The number of piperidine rings is 1. The highest BCUT2D eigenvalue weighted by atomic mass is 16.5. The van der Waals surface area contributed by atoms with E-state index >= 15 is 0 Å². The lowest BCUT2D eigenvalue weighted by atomic mass is 9.78. The summed E-state index contributed by atoms with van der Waals surface area (Å²) in [5.41, 5.74) is 8.47. The minimum absolute atomic E-state index is 0.454. The number of benzene rings is 3. The topological polar surface area (TPSA) is 22.2 Å². The lowest BCUT2D eigenvalue weighted by Crippen LogP contribution is -2.44. The van der Waals surface area contributed by atoms with E-state index in [0.29, 0.717) is 17.8 Å². The van der Waals surface area contributed by atoms with E-state index < -0.39 is 0 Å². The van der Waals surface area contributed by atoms with Gasteiger partial charge in [-0.05, 0) is 110 Å². The maximum atomic E-state index is 5.55. The van der Waals surface area contributed by atoms with E-state index in [1.165, 1.54) is 78.9 Å². The van der Waals surface area contributed by atoms with Crippen LogP contribution in [0.3, 0.4) is 0 Å². The molecule has 0 amide bonds. The molecular weight excluding hydrogens is 540 g/mol. The van der Waals surface area contributed by atoms with Gasteiger partial charge in [0.1, 0.15) is 0 Å². The molecule has 3 aliphatic rings. The molecule has 3 aromatic rings. The fraction of sp³-hybridized carbons (Fsp3) is 0.538. The first-order chi connectivity index (χ1) is 21.5. The van der Waals surface area contributed by atoms with Gasteiger partial charge < -0.3 is 24.3 Å². The SMILES string of the molecule is CC(CCC(c1ccc(N2CCN(C)CC2)cc1)C(C)c1ccc(N2CCCCC2)cc1)c1ccc(N2CCOCC2)cc1. The molecule has 236 valence electrons. The van der Waals surface area contributed by atoms with E-state index in [0.717, 1.165) is 52.5 Å². The van der Waals surface area contributed by atoms with Crippen LogP contribution in [-0.4, -0.2) is 77.5 Å². The second-order valence-electron chi connectivity index (χ2n) is 13.6. The average molecular weight is 595 g/mol. The fourth-order valence-electron chi connectivity index (χ4n) is 7.51. The summed E-state index contributed by atoms with van der Waals surface area (Å²) in [7, 11) is 2.23. The number of morpholine rings is 1. The lowest BCUT2D eigenvalue weighted by molar-refractivity contribution is 0.122. The molecule has 3 aromatic carbocycles. The first kappa shape index (κ1) is 31.0. The molecule has 6 rings (SSSR count). The third-order valence-corrected chi connectivity index (χ3v) is 10.7. The molecule has 0 aliphatic carbocycles.